The highest BCUT2D eigenvalue weighted by atomic mass is 79.9. The fourth-order valence-corrected chi connectivity index (χ4v) is 4.42. The van der Waals surface area contributed by atoms with Crippen LogP contribution in [-0.2, 0) is 14.6 Å². The largest absolute Gasteiger partial charge is 0.341 e. The van der Waals surface area contributed by atoms with E-state index >= 15 is 0 Å². The molecular formula is C19H27BrN2O4S. The maximum absolute atomic E-state index is 13.0. The Hall–Kier alpha value is -1.41. The maximum Gasteiger partial charge on any atom is 0.253 e. The van der Waals surface area contributed by atoms with Crippen LogP contribution in [0.4, 0.5) is 0 Å². The Morgan fingerprint density at radius 3 is 2.67 bits per heavy atom. The molecule has 2 unspecified atom stereocenters. The summed E-state index contributed by atoms with van der Waals surface area (Å²) >= 11 is 3.34. The Morgan fingerprint density at radius 1 is 1.33 bits per heavy atom. The van der Waals surface area contributed by atoms with Crippen molar-refractivity contribution in [1.82, 2.24) is 10.2 Å². The van der Waals surface area contributed by atoms with Crippen molar-refractivity contribution in [2.45, 2.75) is 38.6 Å². The number of sulfone groups is 1. The number of piperidine rings is 1. The SMILES string of the molecule is CCC1CCCN(C(=O)C(CCS(C)(=O)=O)NC(=O)c2ccccc2Br)C1. The van der Waals surface area contributed by atoms with Crippen LogP contribution in [0.3, 0.4) is 0 Å². The van der Waals surface area contributed by atoms with Crippen LogP contribution in [0.5, 0.6) is 0 Å². The van der Waals surface area contributed by atoms with Gasteiger partial charge >= 0.3 is 0 Å². The molecule has 1 aliphatic rings. The Balaban J connectivity index is 2.16. The zero-order valence-electron chi connectivity index (χ0n) is 15.8. The Morgan fingerprint density at radius 2 is 2.04 bits per heavy atom. The summed E-state index contributed by atoms with van der Waals surface area (Å²) < 4.78 is 23.8. The number of carbonyl (C=O) groups excluding carboxylic acids is 2. The van der Waals surface area contributed by atoms with E-state index < -0.39 is 21.8 Å². The van der Waals surface area contributed by atoms with Crippen LogP contribution < -0.4 is 5.32 Å². The predicted octanol–water partition coefficient (Wildman–Crippen LogP) is 2.63. The monoisotopic (exact) mass is 458 g/mol. The van der Waals surface area contributed by atoms with Crippen molar-refractivity contribution in [2.75, 3.05) is 25.1 Å². The lowest BCUT2D eigenvalue weighted by Crippen LogP contribution is -2.51. The molecule has 1 aliphatic heterocycles. The Kier molecular flexibility index (Phi) is 7.85. The van der Waals surface area contributed by atoms with Crippen LogP contribution in [0.15, 0.2) is 28.7 Å². The van der Waals surface area contributed by atoms with Gasteiger partial charge in [0.2, 0.25) is 5.91 Å². The standard InChI is InChI=1S/C19H27BrN2O4S/c1-3-14-7-6-11-22(13-14)19(24)17(10-12-27(2,25)26)21-18(23)15-8-4-5-9-16(15)20/h4-5,8-9,14,17H,3,6-7,10-13H2,1-2H3,(H,21,23). The number of halogens is 1. The van der Waals surface area contributed by atoms with Gasteiger partial charge in [-0.05, 0) is 53.2 Å². The van der Waals surface area contributed by atoms with E-state index in [9.17, 15) is 18.0 Å². The zero-order chi connectivity index (χ0) is 20.0. The van der Waals surface area contributed by atoms with Crippen LogP contribution >= 0.6 is 15.9 Å². The second kappa shape index (κ2) is 9.68. The smallest absolute Gasteiger partial charge is 0.253 e. The first-order chi connectivity index (χ1) is 12.7. The van der Waals surface area contributed by atoms with Crippen molar-refractivity contribution in [3.05, 3.63) is 34.3 Å². The van der Waals surface area contributed by atoms with Crippen LogP contribution in [0.1, 0.15) is 43.0 Å². The van der Waals surface area contributed by atoms with Gasteiger partial charge in [-0.2, -0.15) is 0 Å². The zero-order valence-corrected chi connectivity index (χ0v) is 18.2. The lowest BCUT2D eigenvalue weighted by molar-refractivity contribution is -0.135. The molecule has 0 radical (unpaired) electrons. The lowest BCUT2D eigenvalue weighted by atomic mass is 9.95. The fraction of sp³-hybridized carbons (Fsp3) is 0.579. The number of carbonyl (C=O) groups is 2. The third kappa shape index (κ3) is 6.60. The van der Waals surface area contributed by atoms with E-state index in [0.29, 0.717) is 29.0 Å². The van der Waals surface area contributed by atoms with Crippen molar-refractivity contribution in [3.8, 4) is 0 Å². The van der Waals surface area contributed by atoms with Crippen LogP contribution in [0.2, 0.25) is 0 Å². The van der Waals surface area contributed by atoms with E-state index in [4.69, 9.17) is 0 Å². The summed E-state index contributed by atoms with van der Waals surface area (Å²) in [7, 11) is -3.24. The van der Waals surface area contributed by atoms with E-state index in [-0.39, 0.29) is 18.1 Å². The number of likely N-dealkylation sites (tertiary alicyclic amines) is 1. The Labute approximate surface area is 169 Å². The molecule has 0 bridgehead atoms. The first-order valence-corrected chi connectivity index (χ1v) is 12.1. The summed E-state index contributed by atoms with van der Waals surface area (Å²) in [6.45, 7) is 3.42. The molecule has 8 heteroatoms. The van der Waals surface area contributed by atoms with Crippen molar-refractivity contribution in [2.24, 2.45) is 5.92 Å². The van der Waals surface area contributed by atoms with Gasteiger partial charge in [-0.25, -0.2) is 8.42 Å². The highest BCUT2D eigenvalue weighted by Gasteiger charge is 2.30. The summed E-state index contributed by atoms with van der Waals surface area (Å²) in [4.78, 5) is 27.4. The summed E-state index contributed by atoms with van der Waals surface area (Å²) in [6, 6.07) is 6.09. The number of nitrogens with one attached hydrogen (secondary N) is 1. The molecule has 1 fully saturated rings. The third-order valence-electron chi connectivity index (χ3n) is 4.91. The summed E-state index contributed by atoms with van der Waals surface area (Å²) in [5.41, 5.74) is 0.416. The lowest BCUT2D eigenvalue weighted by Gasteiger charge is -2.35. The normalized spacial score (nSPS) is 18.8. The second-order valence-corrected chi connectivity index (χ2v) is 10.2. The average Bonchev–Trinajstić information content (AvgIpc) is 2.64. The van der Waals surface area contributed by atoms with E-state index in [0.717, 1.165) is 25.5 Å². The van der Waals surface area contributed by atoms with Crippen molar-refractivity contribution in [3.63, 3.8) is 0 Å². The van der Waals surface area contributed by atoms with Gasteiger partial charge in [0.1, 0.15) is 15.9 Å². The molecule has 2 rings (SSSR count). The first kappa shape index (κ1) is 21.9. The number of hydrogen-bond acceptors (Lipinski definition) is 4. The van der Waals surface area contributed by atoms with E-state index in [2.05, 4.69) is 28.2 Å². The quantitative estimate of drug-likeness (QED) is 0.680. The molecule has 0 saturated carbocycles. The minimum absolute atomic E-state index is 0.0706. The van der Waals surface area contributed by atoms with Gasteiger partial charge in [-0.1, -0.05) is 25.5 Å². The van der Waals surface area contributed by atoms with E-state index in [1.807, 2.05) is 0 Å². The molecule has 1 aromatic carbocycles. The molecule has 1 heterocycles. The number of rotatable bonds is 7. The van der Waals surface area contributed by atoms with Gasteiger partial charge in [-0.15, -0.1) is 0 Å². The van der Waals surface area contributed by atoms with E-state index in [1.165, 1.54) is 0 Å². The van der Waals surface area contributed by atoms with Crippen molar-refractivity contribution >= 4 is 37.6 Å². The highest BCUT2D eigenvalue weighted by Crippen LogP contribution is 2.21. The molecule has 0 aromatic heterocycles. The molecule has 1 aromatic rings. The van der Waals surface area contributed by atoms with Gasteiger partial charge in [0.15, 0.2) is 0 Å². The van der Waals surface area contributed by atoms with Gasteiger partial charge in [0.05, 0.1) is 11.3 Å². The predicted molar refractivity (Wildman–Crippen MR) is 109 cm³/mol. The highest BCUT2D eigenvalue weighted by molar-refractivity contribution is 9.10. The van der Waals surface area contributed by atoms with Gasteiger partial charge in [0.25, 0.3) is 5.91 Å². The minimum atomic E-state index is -3.24. The number of nitrogens with zero attached hydrogens (tertiary/aromatic N) is 1. The number of hydrogen-bond donors (Lipinski definition) is 1. The fourth-order valence-electron chi connectivity index (χ4n) is 3.29. The second-order valence-electron chi connectivity index (χ2n) is 7.13. The molecular weight excluding hydrogens is 432 g/mol. The maximum atomic E-state index is 13.0. The first-order valence-electron chi connectivity index (χ1n) is 9.23. The third-order valence-corrected chi connectivity index (χ3v) is 6.58. The average molecular weight is 459 g/mol. The number of amides is 2. The summed E-state index contributed by atoms with van der Waals surface area (Å²) in [6.07, 6.45) is 4.24. The molecule has 0 spiro atoms. The molecule has 6 nitrogen and oxygen atoms in total. The van der Waals surface area contributed by atoms with Gasteiger partial charge in [-0.3, -0.25) is 9.59 Å². The van der Waals surface area contributed by atoms with E-state index in [1.54, 1.807) is 29.2 Å². The Bertz CT molecular complexity index is 782. The molecule has 27 heavy (non-hydrogen) atoms. The van der Waals surface area contributed by atoms with Crippen LogP contribution in [0.25, 0.3) is 0 Å². The number of benzene rings is 1. The molecule has 1 saturated heterocycles. The molecule has 2 amide bonds. The van der Waals surface area contributed by atoms with Gasteiger partial charge in [0, 0.05) is 23.8 Å². The summed E-state index contributed by atoms with van der Waals surface area (Å²) in [5.74, 6) is -0.280. The van der Waals surface area contributed by atoms with Gasteiger partial charge < -0.3 is 10.2 Å². The van der Waals surface area contributed by atoms with Crippen molar-refractivity contribution in [1.29, 1.82) is 0 Å². The van der Waals surface area contributed by atoms with Crippen LogP contribution in [-0.4, -0.2) is 56.3 Å². The van der Waals surface area contributed by atoms with Crippen molar-refractivity contribution < 1.29 is 18.0 Å². The molecule has 1 N–H and O–H groups in total. The molecule has 150 valence electrons. The topological polar surface area (TPSA) is 83.6 Å². The minimum Gasteiger partial charge on any atom is -0.341 e. The summed E-state index contributed by atoms with van der Waals surface area (Å²) in [5, 5.41) is 2.75. The molecule has 0 aliphatic carbocycles. The molecule has 2 atom stereocenters. The van der Waals surface area contributed by atoms with Crippen LogP contribution in [0, 0.1) is 5.92 Å².